The third kappa shape index (κ3) is 3.56. The first kappa shape index (κ1) is 13.6. The van der Waals surface area contributed by atoms with Crippen LogP contribution in [0, 0.1) is 0 Å². The molecule has 19 heavy (non-hydrogen) atoms. The number of rotatable bonds is 5. The Balaban J connectivity index is 1.97. The number of Topliss-reactive ketones (excluding diaryl/α,β-unsaturated/α-hetero) is 1. The predicted molar refractivity (Wildman–Crippen MR) is 70.3 cm³/mol. The van der Waals surface area contributed by atoms with Gasteiger partial charge < -0.3 is 9.47 Å². The zero-order valence-corrected chi connectivity index (χ0v) is 11.1. The summed E-state index contributed by atoms with van der Waals surface area (Å²) < 4.78 is 10.5. The van der Waals surface area contributed by atoms with E-state index in [2.05, 4.69) is 4.74 Å². The first-order valence-corrected chi connectivity index (χ1v) is 6.69. The normalized spacial score (nSPS) is 15.2. The fraction of sp³-hybridized carbons (Fsp3) is 0.467. The van der Waals surface area contributed by atoms with Crippen LogP contribution in [0.5, 0.6) is 5.75 Å². The molecule has 1 aromatic rings. The van der Waals surface area contributed by atoms with Crippen molar-refractivity contribution in [3.05, 3.63) is 29.8 Å². The van der Waals surface area contributed by atoms with Crippen LogP contribution >= 0.6 is 0 Å². The maximum atomic E-state index is 11.7. The highest BCUT2D eigenvalue weighted by Gasteiger charge is 2.19. The van der Waals surface area contributed by atoms with Gasteiger partial charge in [-0.3, -0.25) is 4.79 Å². The number of ether oxygens (including phenoxy) is 2. The van der Waals surface area contributed by atoms with E-state index in [-0.39, 0.29) is 12.7 Å². The molecular weight excluding hydrogens is 244 g/mol. The van der Waals surface area contributed by atoms with Crippen molar-refractivity contribution in [2.75, 3.05) is 6.61 Å². The highest BCUT2D eigenvalue weighted by molar-refractivity contribution is 6.40. The van der Waals surface area contributed by atoms with Gasteiger partial charge in [-0.2, -0.15) is 0 Å². The minimum atomic E-state index is -0.813. The Bertz CT molecular complexity index is 444. The number of hydrogen-bond donors (Lipinski definition) is 0. The first-order chi connectivity index (χ1) is 9.20. The molecule has 0 spiro atoms. The van der Waals surface area contributed by atoms with Crippen LogP contribution in [0.15, 0.2) is 24.3 Å². The Labute approximate surface area is 112 Å². The van der Waals surface area contributed by atoms with Gasteiger partial charge in [-0.25, -0.2) is 4.79 Å². The van der Waals surface area contributed by atoms with Crippen molar-refractivity contribution in [1.82, 2.24) is 0 Å². The number of ketones is 1. The fourth-order valence-corrected chi connectivity index (χ4v) is 2.20. The van der Waals surface area contributed by atoms with Crippen molar-refractivity contribution in [2.45, 2.75) is 38.7 Å². The van der Waals surface area contributed by atoms with E-state index in [9.17, 15) is 9.59 Å². The zero-order valence-electron chi connectivity index (χ0n) is 11.1. The molecule has 0 unspecified atom stereocenters. The summed E-state index contributed by atoms with van der Waals surface area (Å²) in [6.07, 6.45) is 4.88. The van der Waals surface area contributed by atoms with Crippen LogP contribution in [0.4, 0.5) is 0 Å². The molecule has 0 atom stereocenters. The van der Waals surface area contributed by atoms with Gasteiger partial charge in [0.05, 0.1) is 12.7 Å². The molecule has 0 aromatic heterocycles. The highest BCUT2D eigenvalue weighted by Crippen LogP contribution is 2.24. The molecule has 0 N–H and O–H groups in total. The average Bonchev–Trinajstić information content (AvgIpc) is 2.92. The van der Waals surface area contributed by atoms with Gasteiger partial charge in [-0.05, 0) is 56.9 Å². The maximum Gasteiger partial charge on any atom is 0.379 e. The molecule has 2 rings (SSSR count). The highest BCUT2D eigenvalue weighted by atomic mass is 16.5. The fourth-order valence-electron chi connectivity index (χ4n) is 2.20. The van der Waals surface area contributed by atoms with Gasteiger partial charge in [0.1, 0.15) is 5.75 Å². The van der Waals surface area contributed by atoms with Gasteiger partial charge in [0.25, 0.3) is 5.78 Å². The molecule has 4 heteroatoms. The standard InChI is InChI=1S/C15H18O4/c1-2-18-15(17)14(16)11-7-9-13(10-8-11)19-12-5-3-4-6-12/h7-10,12H,2-6H2,1H3. The monoisotopic (exact) mass is 262 g/mol. The number of hydrogen-bond acceptors (Lipinski definition) is 4. The molecule has 4 nitrogen and oxygen atoms in total. The molecule has 1 fully saturated rings. The van der Waals surface area contributed by atoms with Gasteiger partial charge in [-0.1, -0.05) is 0 Å². The molecule has 1 saturated carbocycles. The first-order valence-electron chi connectivity index (χ1n) is 6.69. The molecule has 0 aliphatic heterocycles. The molecular formula is C15H18O4. The molecule has 0 radical (unpaired) electrons. The largest absolute Gasteiger partial charge is 0.490 e. The van der Waals surface area contributed by atoms with E-state index in [4.69, 9.17) is 4.74 Å². The van der Waals surface area contributed by atoms with Gasteiger partial charge in [-0.15, -0.1) is 0 Å². The minimum Gasteiger partial charge on any atom is -0.490 e. The summed E-state index contributed by atoms with van der Waals surface area (Å²) in [5, 5.41) is 0. The van der Waals surface area contributed by atoms with Crippen molar-refractivity contribution in [3.8, 4) is 5.75 Å². The van der Waals surface area contributed by atoms with E-state index >= 15 is 0 Å². The zero-order chi connectivity index (χ0) is 13.7. The predicted octanol–water partition coefficient (Wildman–Crippen LogP) is 2.75. The Morgan fingerprint density at radius 3 is 2.37 bits per heavy atom. The van der Waals surface area contributed by atoms with Crippen LogP contribution < -0.4 is 4.74 Å². The Hall–Kier alpha value is -1.84. The summed E-state index contributed by atoms with van der Waals surface area (Å²) in [4.78, 5) is 23.0. The van der Waals surface area contributed by atoms with E-state index in [1.165, 1.54) is 12.8 Å². The Morgan fingerprint density at radius 2 is 1.79 bits per heavy atom. The smallest absolute Gasteiger partial charge is 0.379 e. The average molecular weight is 262 g/mol. The molecule has 1 aromatic carbocycles. The number of carbonyl (C=O) groups excluding carboxylic acids is 2. The second-order valence-corrected chi connectivity index (χ2v) is 4.60. The molecule has 1 aliphatic carbocycles. The number of benzene rings is 1. The van der Waals surface area contributed by atoms with E-state index in [0.717, 1.165) is 18.6 Å². The van der Waals surface area contributed by atoms with Crippen LogP contribution in [-0.2, 0) is 9.53 Å². The summed E-state index contributed by atoms with van der Waals surface area (Å²) in [5.74, 6) is -0.687. The van der Waals surface area contributed by atoms with E-state index in [1.54, 1.807) is 31.2 Å². The van der Waals surface area contributed by atoms with Gasteiger partial charge in [0, 0.05) is 5.56 Å². The summed E-state index contributed by atoms with van der Waals surface area (Å²) in [6, 6.07) is 6.66. The maximum absolute atomic E-state index is 11.7. The quantitative estimate of drug-likeness (QED) is 0.465. The molecule has 0 heterocycles. The van der Waals surface area contributed by atoms with Gasteiger partial charge in [0.2, 0.25) is 0 Å². The number of carbonyl (C=O) groups is 2. The van der Waals surface area contributed by atoms with Crippen LogP contribution in [0.1, 0.15) is 43.0 Å². The SMILES string of the molecule is CCOC(=O)C(=O)c1ccc(OC2CCCC2)cc1. The Kier molecular flexibility index (Phi) is 4.55. The summed E-state index contributed by atoms with van der Waals surface area (Å²) >= 11 is 0. The lowest BCUT2D eigenvalue weighted by Gasteiger charge is -2.12. The second kappa shape index (κ2) is 6.36. The van der Waals surface area contributed by atoms with E-state index in [1.807, 2.05) is 0 Å². The van der Waals surface area contributed by atoms with Crippen LogP contribution in [0.25, 0.3) is 0 Å². The van der Waals surface area contributed by atoms with Gasteiger partial charge in [0.15, 0.2) is 0 Å². The molecule has 0 bridgehead atoms. The van der Waals surface area contributed by atoms with E-state index in [0.29, 0.717) is 5.56 Å². The minimum absolute atomic E-state index is 0.202. The molecule has 0 saturated heterocycles. The molecule has 0 amide bonds. The third-order valence-corrected chi connectivity index (χ3v) is 3.18. The van der Waals surface area contributed by atoms with Crippen molar-refractivity contribution >= 4 is 11.8 Å². The lowest BCUT2D eigenvalue weighted by Crippen LogP contribution is -2.17. The van der Waals surface area contributed by atoms with Crippen molar-refractivity contribution in [2.24, 2.45) is 0 Å². The summed E-state index contributed by atoms with van der Waals surface area (Å²) in [7, 11) is 0. The molecule has 1 aliphatic rings. The lowest BCUT2D eigenvalue weighted by atomic mass is 10.1. The van der Waals surface area contributed by atoms with Gasteiger partial charge >= 0.3 is 5.97 Å². The second-order valence-electron chi connectivity index (χ2n) is 4.60. The summed E-state index contributed by atoms with van der Waals surface area (Å²) in [6.45, 7) is 1.87. The van der Waals surface area contributed by atoms with E-state index < -0.39 is 11.8 Å². The number of esters is 1. The lowest BCUT2D eigenvalue weighted by molar-refractivity contribution is -0.137. The molecule has 102 valence electrons. The topological polar surface area (TPSA) is 52.6 Å². The van der Waals surface area contributed by atoms with Crippen LogP contribution in [0.2, 0.25) is 0 Å². The third-order valence-electron chi connectivity index (χ3n) is 3.18. The van der Waals surface area contributed by atoms with Crippen molar-refractivity contribution < 1.29 is 19.1 Å². The van der Waals surface area contributed by atoms with Crippen molar-refractivity contribution in [1.29, 1.82) is 0 Å². The van der Waals surface area contributed by atoms with Crippen molar-refractivity contribution in [3.63, 3.8) is 0 Å². The Morgan fingerprint density at radius 1 is 1.16 bits per heavy atom. The van der Waals surface area contributed by atoms with Crippen LogP contribution in [-0.4, -0.2) is 24.5 Å². The summed E-state index contributed by atoms with van der Waals surface area (Å²) in [5.41, 5.74) is 0.331. The van der Waals surface area contributed by atoms with Crippen LogP contribution in [0.3, 0.4) is 0 Å².